The zero-order valence-electron chi connectivity index (χ0n) is 17.8. The zero-order valence-corrected chi connectivity index (χ0v) is 17.8. The smallest absolute Gasteiger partial charge is 0.237 e. The molecule has 1 atom stereocenters. The van der Waals surface area contributed by atoms with Gasteiger partial charge in [-0.3, -0.25) is 14.5 Å². The van der Waals surface area contributed by atoms with Crippen molar-refractivity contribution in [3.8, 4) is 0 Å². The van der Waals surface area contributed by atoms with E-state index >= 15 is 0 Å². The van der Waals surface area contributed by atoms with Crippen LogP contribution < -0.4 is 5.32 Å². The number of nitrogens with one attached hydrogen (secondary N) is 1. The van der Waals surface area contributed by atoms with E-state index in [0.717, 1.165) is 32.5 Å². The highest BCUT2D eigenvalue weighted by Crippen LogP contribution is 2.28. The molecule has 1 heterocycles. The SMILES string of the molecule is CC(C)CN(CC(C)C)C(=O)CC1C(=O)NCCN1C1Cc2ccccc2C1. The average molecular weight is 386 g/mol. The van der Waals surface area contributed by atoms with Gasteiger partial charge >= 0.3 is 0 Å². The highest BCUT2D eigenvalue weighted by molar-refractivity contribution is 5.89. The molecule has 1 aromatic carbocycles. The molecule has 1 aromatic rings. The minimum Gasteiger partial charge on any atom is -0.353 e. The zero-order chi connectivity index (χ0) is 20.3. The van der Waals surface area contributed by atoms with Gasteiger partial charge in [-0.1, -0.05) is 52.0 Å². The van der Waals surface area contributed by atoms with E-state index in [4.69, 9.17) is 0 Å². The lowest BCUT2D eigenvalue weighted by atomic mass is 10.0. The molecule has 154 valence electrons. The minimum atomic E-state index is -0.359. The number of carbonyl (C=O) groups excluding carboxylic acids is 2. The summed E-state index contributed by atoms with van der Waals surface area (Å²) in [5.74, 6) is 0.946. The second-order valence-electron chi connectivity index (χ2n) is 9.17. The van der Waals surface area contributed by atoms with Gasteiger partial charge in [-0.05, 0) is 35.8 Å². The summed E-state index contributed by atoms with van der Waals surface area (Å²) < 4.78 is 0. The fourth-order valence-corrected chi connectivity index (χ4v) is 4.60. The van der Waals surface area contributed by atoms with E-state index in [0.29, 0.717) is 24.4 Å². The maximum absolute atomic E-state index is 13.1. The first kappa shape index (κ1) is 20.8. The molecule has 2 aliphatic rings. The molecule has 28 heavy (non-hydrogen) atoms. The minimum absolute atomic E-state index is 0.00426. The predicted octanol–water partition coefficient (Wildman–Crippen LogP) is 2.48. The predicted molar refractivity (Wildman–Crippen MR) is 112 cm³/mol. The fraction of sp³-hybridized carbons (Fsp3) is 0.652. The van der Waals surface area contributed by atoms with Crippen molar-refractivity contribution >= 4 is 11.8 Å². The maximum Gasteiger partial charge on any atom is 0.237 e. The van der Waals surface area contributed by atoms with Gasteiger partial charge in [0, 0.05) is 32.2 Å². The van der Waals surface area contributed by atoms with Crippen LogP contribution >= 0.6 is 0 Å². The van der Waals surface area contributed by atoms with Crippen molar-refractivity contribution < 1.29 is 9.59 Å². The summed E-state index contributed by atoms with van der Waals surface area (Å²) in [6, 6.07) is 8.49. The lowest BCUT2D eigenvalue weighted by molar-refractivity contribution is -0.140. The molecule has 1 N–H and O–H groups in total. The molecule has 0 radical (unpaired) electrons. The average Bonchev–Trinajstić information content (AvgIpc) is 3.06. The number of piperazine rings is 1. The Bertz CT molecular complexity index is 666. The van der Waals surface area contributed by atoms with E-state index in [1.54, 1.807) is 0 Å². The van der Waals surface area contributed by atoms with Crippen molar-refractivity contribution in [3.05, 3.63) is 35.4 Å². The second kappa shape index (κ2) is 9.08. The highest BCUT2D eigenvalue weighted by atomic mass is 16.2. The molecule has 0 aromatic heterocycles. The molecular weight excluding hydrogens is 350 g/mol. The third-order valence-electron chi connectivity index (χ3n) is 5.76. The van der Waals surface area contributed by atoms with Gasteiger partial charge in [0.15, 0.2) is 0 Å². The summed E-state index contributed by atoms with van der Waals surface area (Å²) >= 11 is 0. The van der Waals surface area contributed by atoms with E-state index in [9.17, 15) is 9.59 Å². The van der Waals surface area contributed by atoms with Crippen LogP contribution in [0.15, 0.2) is 24.3 Å². The molecule has 1 aliphatic heterocycles. The van der Waals surface area contributed by atoms with Crippen molar-refractivity contribution in [2.75, 3.05) is 26.2 Å². The van der Waals surface area contributed by atoms with Gasteiger partial charge in [-0.25, -0.2) is 0 Å². The van der Waals surface area contributed by atoms with E-state index in [1.165, 1.54) is 11.1 Å². The van der Waals surface area contributed by atoms with Crippen molar-refractivity contribution in [1.29, 1.82) is 0 Å². The van der Waals surface area contributed by atoms with Gasteiger partial charge < -0.3 is 10.2 Å². The van der Waals surface area contributed by atoms with Crippen LogP contribution in [0.5, 0.6) is 0 Å². The molecule has 1 saturated heterocycles. The number of fused-ring (bicyclic) bond motifs is 1. The molecule has 1 fully saturated rings. The summed E-state index contributed by atoms with van der Waals surface area (Å²) in [6.07, 6.45) is 2.21. The van der Waals surface area contributed by atoms with Crippen LogP contribution in [0.3, 0.4) is 0 Å². The van der Waals surface area contributed by atoms with Crippen molar-refractivity contribution in [2.45, 2.75) is 59.0 Å². The molecule has 1 unspecified atom stereocenters. The van der Waals surface area contributed by atoms with Crippen molar-refractivity contribution in [1.82, 2.24) is 15.1 Å². The van der Waals surface area contributed by atoms with Crippen LogP contribution in [-0.4, -0.2) is 59.9 Å². The monoisotopic (exact) mass is 385 g/mol. The van der Waals surface area contributed by atoms with Crippen LogP contribution in [0.4, 0.5) is 0 Å². The number of nitrogens with zero attached hydrogens (tertiary/aromatic N) is 2. The molecule has 3 rings (SSSR count). The number of hydrogen-bond acceptors (Lipinski definition) is 3. The van der Waals surface area contributed by atoms with Crippen LogP contribution in [0, 0.1) is 11.8 Å². The van der Waals surface area contributed by atoms with Crippen LogP contribution in [-0.2, 0) is 22.4 Å². The van der Waals surface area contributed by atoms with Crippen LogP contribution in [0.2, 0.25) is 0 Å². The first-order valence-electron chi connectivity index (χ1n) is 10.7. The molecule has 0 saturated carbocycles. The molecule has 5 nitrogen and oxygen atoms in total. The van der Waals surface area contributed by atoms with Crippen molar-refractivity contribution in [3.63, 3.8) is 0 Å². The second-order valence-corrected chi connectivity index (χ2v) is 9.17. The number of hydrogen-bond donors (Lipinski definition) is 1. The van der Waals surface area contributed by atoms with Gasteiger partial charge in [-0.2, -0.15) is 0 Å². The van der Waals surface area contributed by atoms with E-state index < -0.39 is 0 Å². The Morgan fingerprint density at radius 2 is 1.68 bits per heavy atom. The van der Waals surface area contributed by atoms with Gasteiger partial charge in [0.05, 0.1) is 12.5 Å². The maximum atomic E-state index is 13.1. The van der Waals surface area contributed by atoms with Gasteiger partial charge in [-0.15, -0.1) is 0 Å². The lowest BCUT2D eigenvalue weighted by Gasteiger charge is -2.39. The summed E-state index contributed by atoms with van der Waals surface area (Å²) in [5, 5.41) is 2.98. The highest BCUT2D eigenvalue weighted by Gasteiger charge is 2.38. The Morgan fingerprint density at radius 3 is 2.21 bits per heavy atom. The largest absolute Gasteiger partial charge is 0.353 e. The van der Waals surface area contributed by atoms with E-state index in [1.807, 2.05) is 4.90 Å². The van der Waals surface area contributed by atoms with Gasteiger partial charge in [0.1, 0.15) is 0 Å². The normalized spacial score (nSPS) is 20.5. The Hall–Kier alpha value is -1.88. The molecule has 2 amide bonds. The molecular formula is C23H35N3O2. The number of carbonyl (C=O) groups is 2. The van der Waals surface area contributed by atoms with Crippen LogP contribution in [0.1, 0.15) is 45.2 Å². The Kier molecular flexibility index (Phi) is 6.76. The Balaban J connectivity index is 1.72. The Morgan fingerprint density at radius 1 is 1.11 bits per heavy atom. The first-order chi connectivity index (χ1) is 13.3. The van der Waals surface area contributed by atoms with Gasteiger partial charge in [0.2, 0.25) is 11.8 Å². The summed E-state index contributed by atoms with van der Waals surface area (Å²) in [6.45, 7) is 11.5. The van der Waals surface area contributed by atoms with Crippen LogP contribution in [0.25, 0.3) is 0 Å². The Labute approximate surface area is 169 Å². The number of benzene rings is 1. The van der Waals surface area contributed by atoms with Crippen molar-refractivity contribution in [2.24, 2.45) is 11.8 Å². The van der Waals surface area contributed by atoms with E-state index in [2.05, 4.69) is 62.2 Å². The molecule has 0 bridgehead atoms. The quantitative estimate of drug-likeness (QED) is 0.785. The summed E-state index contributed by atoms with van der Waals surface area (Å²) in [7, 11) is 0. The standard InChI is InChI=1S/C23H35N3O2/c1-16(2)14-25(15-17(3)4)22(27)13-21-23(28)24-9-10-26(21)20-11-18-7-5-6-8-19(18)12-20/h5-8,16-17,20-21H,9-15H2,1-4H3,(H,24,28). The molecule has 0 spiro atoms. The van der Waals surface area contributed by atoms with E-state index in [-0.39, 0.29) is 24.3 Å². The third kappa shape index (κ3) is 4.93. The molecule has 1 aliphatic carbocycles. The summed E-state index contributed by atoms with van der Waals surface area (Å²) in [5.41, 5.74) is 2.76. The molecule has 5 heteroatoms. The fourth-order valence-electron chi connectivity index (χ4n) is 4.60. The topological polar surface area (TPSA) is 52.7 Å². The summed E-state index contributed by atoms with van der Waals surface area (Å²) in [4.78, 5) is 30.1. The van der Waals surface area contributed by atoms with Gasteiger partial charge in [0.25, 0.3) is 0 Å². The number of amides is 2. The number of rotatable bonds is 7. The lowest BCUT2D eigenvalue weighted by Crippen LogP contribution is -2.60. The first-order valence-corrected chi connectivity index (χ1v) is 10.7. The third-order valence-corrected chi connectivity index (χ3v) is 5.76.